The van der Waals surface area contributed by atoms with Gasteiger partial charge in [0.25, 0.3) is 0 Å². The van der Waals surface area contributed by atoms with Gasteiger partial charge in [0, 0.05) is 61.3 Å². The number of hydrogen-bond acceptors (Lipinski definition) is 4. The Balaban J connectivity index is 0.00000624. The van der Waals surface area contributed by atoms with E-state index >= 15 is 0 Å². The molecular weight excluding hydrogens is 1050 g/mol. The van der Waals surface area contributed by atoms with Crippen LogP contribution in [0.25, 0.3) is 49.9 Å². The molecule has 6 heteroatoms. The molecule has 0 bridgehead atoms. The Bertz CT molecular complexity index is 3390. The van der Waals surface area contributed by atoms with Gasteiger partial charge in [0.15, 0.2) is 0 Å². The fraction of sp³-hybridized carbons (Fsp3) is 0.262. The predicted octanol–water partition coefficient (Wildman–Crippen LogP) is 18.1. The summed E-state index contributed by atoms with van der Waals surface area (Å²) < 4.78 is 9.24. The largest absolute Gasteiger partial charge is 0.509 e. The number of aromatic nitrogens is 2. The first-order valence-electron chi connectivity index (χ1n) is 25.1. The van der Waals surface area contributed by atoms with Crippen LogP contribution in [0.2, 0.25) is 0 Å². The molecule has 0 radical (unpaired) electrons. The molecule has 9 aromatic rings. The second-order valence-electron chi connectivity index (χ2n) is 21.8. The maximum atomic E-state index is 7.03. The quantitative estimate of drug-likeness (QED) is 0.121. The van der Waals surface area contributed by atoms with Gasteiger partial charge in [0.2, 0.25) is 0 Å². The summed E-state index contributed by atoms with van der Waals surface area (Å²) in [6.45, 7) is 27.4. The summed E-state index contributed by atoms with van der Waals surface area (Å²) in [5.41, 5.74) is 15.8. The van der Waals surface area contributed by atoms with Crippen LogP contribution >= 0.6 is 0 Å². The second-order valence-corrected chi connectivity index (χ2v) is 21.8. The third-order valence-electron chi connectivity index (χ3n) is 14.8. The summed E-state index contributed by atoms with van der Waals surface area (Å²) in [4.78, 5) is 9.61. The number of para-hydroxylation sites is 1. The van der Waals surface area contributed by atoms with Gasteiger partial charge in [0.1, 0.15) is 5.82 Å². The minimum absolute atomic E-state index is 0. The number of ether oxygens (including phenoxy) is 1. The van der Waals surface area contributed by atoms with Crippen LogP contribution in [0.3, 0.4) is 0 Å². The molecule has 364 valence electrons. The summed E-state index contributed by atoms with van der Waals surface area (Å²) in [5, 5.41) is 2.23. The number of rotatable bonds is 11. The molecule has 3 heterocycles. The Morgan fingerprint density at radius 1 is 0.577 bits per heavy atom. The molecule has 0 saturated carbocycles. The predicted molar refractivity (Wildman–Crippen MR) is 295 cm³/mol. The fourth-order valence-electron chi connectivity index (χ4n) is 10.0. The molecule has 5 nitrogen and oxygen atoms in total. The molecule has 0 N–H and O–H groups in total. The SMILES string of the molecule is CCC(C)(CC)c1ccc2c(c1)N(c1cc(-c3ccccc3)cc(C(C)(C)C)c1)[CH-]N2c1[c-]c(Oc2[c-]c3c(cc2)c2ccccc2n3-c2cc(C(C)(C)C)ccn2)cc(-c2ccccc2C(C)C)c1.[Pt]. The van der Waals surface area contributed by atoms with Crippen LogP contribution in [0.4, 0.5) is 22.7 Å². The van der Waals surface area contributed by atoms with E-state index in [-0.39, 0.29) is 37.3 Å². The summed E-state index contributed by atoms with van der Waals surface area (Å²) in [6, 6.07) is 62.6. The maximum Gasteiger partial charge on any atom is 0.135 e. The summed E-state index contributed by atoms with van der Waals surface area (Å²) in [6.07, 6.45) is 4.00. The monoisotopic (exact) mass is 1110 g/mol. The van der Waals surface area contributed by atoms with Crippen LogP contribution in [0.5, 0.6) is 11.5 Å². The molecule has 1 aliphatic heterocycles. The third kappa shape index (κ3) is 9.47. The van der Waals surface area contributed by atoms with Gasteiger partial charge in [-0.1, -0.05) is 167 Å². The fourth-order valence-corrected chi connectivity index (χ4v) is 10.0. The molecule has 0 atom stereocenters. The average Bonchev–Trinajstić information content (AvgIpc) is 3.91. The Hall–Kier alpha value is -6.42. The van der Waals surface area contributed by atoms with E-state index in [0.717, 1.165) is 68.8 Å². The second kappa shape index (κ2) is 19.3. The number of pyridine rings is 1. The molecule has 0 spiro atoms. The zero-order valence-corrected chi connectivity index (χ0v) is 45.4. The minimum atomic E-state index is -0.0772. The van der Waals surface area contributed by atoms with Crippen LogP contribution < -0.4 is 14.5 Å². The molecule has 10 rings (SSSR count). The van der Waals surface area contributed by atoms with Crippen molar-refractivity contribution in [1.29, 1.82) is 0 Å². The Kier molecular flexibility index (Phi) is 13.5. The van der Waals surface area contributed by atoms with Crippen molar-refractivity contribution in [3.8, 4) is 39.6 Å². The van der Waals surface area contributed by atoms with Crippen molar-refractivity contribution < 1.29 is 25.8 Å². The van der Waals surface area contributed by atoms with Gasteiger partial charge in [-0.3, -0.25) is 0 Å². The van der Waals surface area contributed by atoms with Crippen LogP contribution in [-0.4, -0.2) is 9.55 Å². The van der Waals surface area contributed by atoms with Gasteiger partial charge in [-0.15, -0.1) is 53.6 Å². The molecule has 7 aromatic carbocycles. The Labute approximate surface area is 436 Å². The summed E-state index contributed by atoms with van der Waals surface area (Å²) in [5.74, 6) is 2.37. The summed E-state index contributed by atoms with van der Waals surface area (Å²) >= 11 is 0. The Morgan fingerprint density at radius 2 is 1.30 bits per heavy atom. The van der Waals surface area contributed by atoms with Crippen molar-refractivity contribution in [3.63, 3.8) is 0 Å². The number of fused-ring (bicyclic) bond motifs is 4. The normalized spacial score (nSPS) is 13.0. The van der Waals surface area contributed by atoms with Crippen molar-refractivity contribution in [2.75, 3.05) is 9.80 Å². The van der Waals surface area contributed by atoms with Gasteiger partial charge >= 0.3 is 0 Å². The first-order valence-corrected chi connectivity index (χ1v) is 25.1. The molecule has 0 unspecified atom stereocenters. The van der Waals surface area contributed by atoms with E-state index in [1.54, 1.807) is 0 Å². The van der Waals surface area contributed by atoms with Crippen LogP contribution in [-0.2, 0) is 37.3 Å². The van der Waals surface area contributed by atoms with E-state index < -0.39 is 0 Å². The number of anilines is 4. The van der Waals surface area contributed by atoms with E-state index in [9.17, 15) is 0 Å². The number of benzene rings is 7. The average molecular weight is 1110 g/mol. The maximum absolute atomic E-state index is 7.03. The van der Waals surface area contributed by atoms with Crippen molar-refractivity contribution in [2.45, 2.75) is 111 Å². The van der Waals surface area contributed by atoms with Gasteiger partial charge in [-0.05, 0) is 122 Å². The molecule has 0 saturated heterocycles. The van der Waals surface area contributed by atoms with Crippen LogP contribution in [0.1, 0.15) is 117 Å². The third-order valence-corrected chi connectivity index (χ3v) is 14.8. The van der Waals surface area contributed by atoms with E-state index in [4.69, 9.17) is 9.72 Å². The van der Waals surface area contributed by atoms with E-state index in [0.29, 0.717) is 17.4 Å². The Morgan fingerprint density at radius 3 is 2.03 bits per heavy atom. The molecule has 71 heavy (non-hydrogen) atoms. The van der Waals surface area contributed by atoms with Gasteiger partial charge in [-0.25, -0.2) is 4.98 Å². The van der Waals surface area contributed by atoms with Crippen molar-refractivity contribution in [2.24, 2.45) is 0 Å². The topological polar surface area (TPSA) is 33.5 Å². The smallest absolute Gasteiger partial charge is 0.135 e. The zero-order valence-electron chi connectivity index (χ0n) is 43.1. The van der Waals surface area contributed by atoms with Crippen LogP contribution in [0.15, 0.2) is 158 Å². The summed E-state index contributed by atoms with van der Waals surface area (Å²) in [7, 11) is 0. The van der Waals surface area contributed by atoms with Gasteiger partial charge in [0.05, 0.1) is 0 Å². The van der Waals surface area contributed by atoms with Crippen molar-refractivity contribution >= 4 is 44.6 Å². The van der Waals surface area contributed by atoms with Crippen LogP contribution in [0, 0.1) is 18.8 Å². The van der Waals surface area contributed by atoms with E-state index in [2.05, 4.69) is 255 Å². The zero-order chi connectivity index (χ0) is 49.1. The molecule has 0 fully saturated rings. The van der Waals surface area contributed by atoms with E-state index in [1.807, 2.05) is 12.3 Å². The molecule has 0 aliphatic carbocycles. The number of hydrogen-bond donors (Lipinski definition) is 0. The van der Waals surface area contributed by atoms with E-state index in [1.165, 1.54) is 38.9 Å². The first-order chi connectivity index (χ1) is 33.5. The standard InChI is InChI=1S/C65H65N4O.Pt/c1-12-65(11,13-2)48-27-30-59-61(38-48)68(50-34-45(44-21-15-14-16-22-44)33-49(37-50)64(8,9)10)42-67(59)51-35-46(55-24-18-17-23-54(55)43(3)4)36-53(40-51)70-52-28-29-57-56-25-19-20-26-58(56)69(60(57)41-52)62-39-47(31-32-66-62)63(5,6)7;/h14-39,42-43H,12-13H2,1-11H3;/q-3;. The van der Waals surface area contributed by atoms with Crippen molar-refractivity contribution in [1.82, 2.24) is 9.55 Å². The van der Waals surface area contributed by atoms with Crippen molar-refractivity contribution in [3.05, 3.63) is 199 Å². The molecule has 0 amide bonds. The number of nitrogens with zero attached hydrogens (tertiary/aromatic N) is 4. The minimum Gasteiger partial charge on any atom is -0.509 e. The van der Waals surface area contributed by atoms with Gasteiger partial charge < -0.3 is 19.1 Å². The molecular formula is C65H65N4OPt-3. The van der Waals surface area contributed by atoms with Gasteiger partial charge in [-0.2, -0.15) is 6.07 Å². The molecule has 2 aromatic heterocycles. The molecule has 1 aliphatic rings. The first kappa shape index (κ1) is 49.6.